The summed E-state index contributed by atoms with van der Waals surface area (Å²) in [5.41, 5.74) is 6.90. The van der Waals surface area contributed by atoms with Gasteiger partial charge in [0.1, 0.15) is 5.75 Å². The summed E-state index contributed by atoms with van der Waals surface area (Å²) in [6.07, 6.45) is 1.55. The second-order valence-corrected chi connectivity index (χ2v) is 7.11. The van der Waals surface area contributed by atoms with E-state index in [-0.39, 0.29) is 29.0 Å². The molecule has 0 atom stereocenters. The number of methoxy groups -OCH3 is 1. The van der Waals surface area contributed by atoms with E-state index >= 15 is 0 Å². The number of benzene rings is 1. The SMILES string of the molecule is COc1ccc(S(=O)(=O)N2Cc3cnc(N)nc3C2)cc1Cl. The van der Waals surface area contributed by atoms with Crippen LogP contribution in [0.5, 0.6) is 5.75 Å². The average Bonchev–Trinajstić information content (AvgIpc) is 2.90. The van der Waals surface area contributed by atoms with Crippen molar-refractivity contribution in [2.24, 2.45) is 0 Å². The number of halogens is 1. The van der Waals surface area contributed by atoms with Crippen molar-refractivity contribution in [2.75, 3.05) is 12.8 Å². The average molecular weight is 341 g/mol. The molecule has 0 bridgehead atoms. The maximum atomic E-state index is 12.7. The number of nitrogens with two attached hydrogens (primary N) is 1. The van der Waals surface area contributed by atoms with Crippen LogP contribution in [0.3, 0.4) is 0 Å². The highest BCUT2D eigenvalue weighted by molar-refractivity contribution is 7.89. The molecule has 0 spiro atoms. The molecule has 0 amide bonds. The van der Waals surface area contributed by atoms with Gasteiger partial charge < -0.3 is 10.5 Å². The molecule has 2 aromatic rings. The summed E-state index contributed by atoms with van der Waals surface area (Å²) in [6.45, 7) is 0.371. The lowest BCUT2D eigenvalue weighted by atomic mass is 10.3. The summed E-state index contributed by atoms with van der Waals surface area (Å²) in [7, 11) is -2.21. The summed E-state index contributed by atoms with van der Waals surface area (Å²) in [4.78, 5) is 8.06. The minimum atomic E-state index is -3.68. The molecular formula is C13H13ClN4O3S. The molecule has 0 saturated carbocycles. The molecule has 9 heteroatoms. The molecule has 1 aromatic carbocycles. The van der Waals surface area contributed by atoms with Crippen molar-refractivity contribution in [1.82, 2.24) is 14.3 Å². The van der Waals surface area contributed by atoms with Crippen LogP contribution >= 0.6 is 11.6 Å². The number of nitrogen functional groups attached to an aromatic ring is 1. The molecule has 116 valence electrons. The fourth-order valence-electron chi connectivity index (χ4n) is 2.27. The van der Waals surface area contributed by atoms with Crippen LogP contribution < -0.4 is 10.5 Å². The highest BCUT2D eigenvalue weighted by Gasteiger charge is 2.32. The van der Waals surface area contributed by atoms with Gasteiger partial charge in [-0.15, -0.1) is 0 Å². The zero-order valence-corrected chi connectivity index (χ0v) is 13.2. The molecule has 0 saturated heterocycles. The number of nitrogens with zero attached hydrogens (tertiary/aromatic N) is 3. The first kappa shape index (κ1) is 15.0. The van der Waals surface area contributed by atoms with Crippen molar-refractivity contribution >= 4 is 27.6 Å². The molecule has 0 radical (unpaired) electrons. The number of hydrogen-bond acceptors (Lipinski definition) is 6. The number of hydrogen-bond donors (Lipinski definition) is 1. The Labute approximate surface area is 132 Å². The molecular weight excluding hydrogens is 328 g/mol. The van der Waals surface area contributed by atoms with Crippen LogP contribution in [0.15, 0.2) is 29.3 Å². The van der Waals surface area contributed by atoms with Crippen molar-refractivity contribution in [3.8, 4) is 5.75 Å². The molecule has 1 aliphatic rings. The predicted molar refractivity (Wildman–Crippen MR) is 80.9 cm³/mol. The van der Waals surface area contributed by atoms with E-state index in [2.05, 4.69) is 9.97 Å². The van der Waals surface area contributed by atoms with Crippen molar-refractivity contribution in [1.29, 1.82) is 0 Å². The second kappa shape index (κ2) is 5.38. The standard InChI is InChI=1S/C13H13ClN4O3S/c1-21-12-3-2-9(4-10(12)14)22(19,20)18-6-8-5-16-13(15)17-11(8)7-18/h2-5H,6-7H2,1H3,(H2,15,16,17). The third-order valence-electron chi connectivity index (χ3n) is 3.41. The molecule has 2 N–H and O–H groups in total. The first-order valence-electron chi connectivity index (χ1n) is 6.36. The van der Waals surface area contributed by atoms with Gasteiger partial charge in [0.25, 0.3) is 0 Å². The minimum Gasteiger partial charge on any atom is -0.495 e. The number of anilines is 1. The maximum Gasteiger partial charge on any atom is 0.243 e. The van der Waals surface area contributed by atoms with Gasteiger partial charge in [-0.2, -0.15) is 4.31 Å². The van der Waals surface area contributed by atoms with Crippen molar-refractivity contribution < 1.29 is 13.2 Å². The number of sulfonamides is 1. The van der Waals surface area contributed by atoms with Crippen molar-refractivity contribution in [3.05, 3.63) is 40.7 Å². The van der Waals surface area contributed by atoms with Gasteiger partial charge in [-0.25, -0.2) is 18.4 Å². The van der Waals surface area contributed by atoms with E-state index in [0.717, 1.165) is 5.56 Å². The van der Waals surface area contributed by atoms with Crippen LogP contribution in [-0.2, 0) is 23.1 Å². The Kier molecular flexibility index (Phi) is 3.67. The van der Waals surface area contributed by atoms with E-state index in [1.54, 1.807) is 6.20 Å². The summed E-state index contributed by atoms with van der Waals surface area (Å²) >= 11 is 6.01. The topological polar surface area (TPSA) is 98.4 Å². The van der Waals surface area contributed by atoms with Gasteiger partial charge in [-0.3, -0.25) is 0 Å². The smallest absolute Gasteiger partial charge is 0.243 e. The molecule has 0 fully saturated rings. The zero-order valence-electron chi connectivity index (χ0n) is 11.7. The molecule has 1 aliphatic heterocycles. The van der Waals surface area contributed by atoms with Crippen molar-refractivity contribution in [3.63, 3.8) is 0 Å². The molecule has 0 aliphatic carbocycles. The number of fused-ring (bicyclic) bond motifs is 1. The van der Waals surface area contributed by atoms with Gasteiger partial charge in [-0.05, 0) is 18.2 Å². The third-order valence-corrected chi connectivity index (χ3v) is 5.49. The van der Waals surface area contributed by atoms with Gasteiger partial charge in [-0.1, -0.05) is 11.6 Å². The third kappa shape index (κ3) is 2.49. The maximum absolute atomic E-state index is 12.7. The molecule has 0 unspecified atom stereocenters. The molecule has 1 aromatic heterocycles. The summed E-state index contributed by atoms with van der Waals surface area (Å²) in [5.74, 6) is 0.550. The molecule has 3 rings (SSSR count). The van der Waals surface area contributed by atoms with E-state index in [4.69, 9.17) is 22.1 Å². The number of ether oxygens (including phenoxy) is 1. The largest absolute Gasteiger partial charge is 0.495 e. The first-order valence-corrected chi connectivity index (χ1v) is 8.17. The van der Waals surface area contributed by atoms with Crippen LogP contribution in [0, 0.1) is 0 Å². The van der Waals surface area contributed by atoms with Crippen LogP contribution in [0.4, 0.5) is 5.95 Å². The highest BCUT2D eigenvalue weighted by atomic mass is 35.5. The Morgan fingerprint density at radius 3 is 2.82 bits per heavy atom. The molecule has 22 heavy (non-hydrogen) atoms. The molecule has 7 nitrogen and oxygen atoms in total. The Hall–Kier alpha value is -1.90. The quantitative estimate of drug-likeness (QED) is 0.907. The van der Waals surface area contributed by atoms with Gasteiger partial charge >= 0.3 is 0 Å². The van der Waals surface area contributed by atoms with Crippen LogP contribution in [0.1, 0.15) is 11.3 Å². The Bertz CT molecular complexity index is 841. The Morgan fingerprint density at radius 2 is 2.14 bits per heavy atom. The van der Waals surface area contributed by atoms with Crippen LogP contribution in [-0.4, -0.2) is 29.8 Å². The highest BCUT2D eigenvalue weighted by Crippen LogP contribution is 2.31. The van der Waals surface area contributed by atoms with E-state index < -0.39 is 10.0 Å². The first-order chi connectivity index (χ1) is 10.4. The zero-order chi connectivity index (χ0) is 15.9. The minimum absolute atomic E-state index is 0.104. The van der Waals surface area contributed by atoms with Crippen molar-refractivity contribution in [2.45, 2.75) is 18.0 Å². The van der Waals surface area contributed by atoms with Gasteiger partial charge in [0.05, 0.1) is 29.3 Å². The van der Waals surface area contributed by atoms with Crippen LogP contribution in [0.2, 0.25) is 5.02 Å². The Balaban J connectivity index is 1.93. The lowest BCUT2D eigenvalue weighted by Gasteiger charge is -2.16. The van der Waals surface area contributed by atoms with E-state index in [9.17, 15) is 8.42 Å². The summed E-state index contributed by atoms with van der Waals surface area (Å²) < 4.78 is 31.7. The number of rotatable bonds is 3. The summed E-state index contributed by atoms with van der Waals surface area (Å²) in [6, 6.07) is 4.36. The number of aromatic nitrogens is 2. The lowest BCUT2D eigenvalue weighted by molar-refractivity contribution is 0.414. The fraction of sp³-hybridized carbons (Fsp3) is 0.231. The van der Waals surface area contributed by atoms with E-state index in [0.29, 0.717) is 11.4 Å². The second-order valence-electron chi connectivity index (χ2n) is 4.77. The monoisotopic (exact) mass is 340 g/mol. The lowest BCUT2D eigenvalue weighted by Crippen LogP contribution is -2.25. The summed E-state index contributed by atoms with van der Waals surface area (Å²) in [5, 5.41) is 0.240. The van der Waals surface area contributed by atoms with E-state index in [1.165, 1.54) is 29.6 Å². The van der Waals surface area contributed by atoms with Crippen LogP contribution in [0.25, 0.3) is 0 Å². The molecule has 2 heterocycles. The van der Waals surface area contributed by atoms with Gasteiger partial charge in [0, 0.05) is 18.3 Å². The normalized spacial score (nSPS) is 14.8. The van der Waals surface area contributed by atoms with Gasteiger partial charge in [0.15, 0.2) is 0 Å². The Morgan fingerprint density at radius 1 is 1.36 bits per heavy atom. The van der Waals surface area contributed by atoms with E-state index in [1.807, 2.05) is 0 Å². The van der Waals surface area contributed by atoms with Gasteiger partial charge in [0.2, 0.25) is 16.0 Å². The fourth-order valence-corrected chi connectivity index (χ4v) is 3.99. The predicted octanol–water partition coefficient (Wildman–Crippen LogP) is 1.43.